The highest BCUT2D eigenvalue weighted by Crippen LogP contribution is 2.58. The van der Waals surface area contributed by atoms with Gasteiger partial charge in [-0.1, -0.05) is 53.7 Å². The van der Waals surface area contributed by atoms with Crippen LogP contribution >= 0.6 is 0 Å². The minimum atomic E-state index is -0.856. The minimum absolute atomic E-state index is 0.00514. The number of fused-ring (bicyclic) bond motifs is 4. The maximum absolute atomic E-state index is 12.7. The van der Waals surface area contributed by atoms with Gasteiger partial charge in [0.2, 0.25) is 0 Å². The number of alkyl carbamates (subject to hydrolysis) is 1. The summed E-state index contributed by atoms with van der Waals surface area (Å²) in [6, 6.07) is 17.7. The van der Waals surface area contributed by atoms with Gasteiger partial charge in [0.25, 0.3) is 5.91 Å². The summed E-state index contributed by atoms with van der Waals surface area (Å²) in [6.45, 7) is 0.803. The zero-order valence-corrected chi connectivity index (χ0v) is 18.8. The van der Waals surface area contributed by atoms with Gasteiger partial charge in [0.15, 0.2) is 11.5 Å². The molecule has 35 heavy (non-hydrogen) atoms. The van der Waals surface area contributed by atoms with Crippen LogP contribution in [0.3, 0.4) is 0 Å². The van der Waals surface area contributed by atoms with Crippen LogP contribution in [0.25, 0.3) is 11.1 Å². The van der Waals surface area contributed by atoms with Gasteiger partial charge in [-0.25, -0.2) is 4.79 Å². The molecular weight excluding hydrogens is 450 g/mol. The molecule has 3 aromatic rings. The average Bonchev–Trinajstić information content (AvgIpc) is 3.21. The first-order chi connectivity index (χ1) is 17.0. The summed E-state index contributed by atoms with van der Waals surface area (Å²) in [5.41, 5.74) is 3.86. The van der Waals surface area contributed by atoms with Crippen LogP contribution < -0.4 is 5.32 Å². The van der Waals surface area contributed by atoms with Crippen LogP contribution in [0.1, 0.15) is 39.7 Å². The summed E-state index contributed by atoms with van der Waals surface area (Å²) in [7, 11) is 0. The van der Waals surface area contributed by atoms with Crippen molar-refractivity contribution < 1.29 is 28.8 Å². The van der Waals surface area contributed by atoms with Gasteiger partial charge in [0.1, 0.15) is 6.61 Å². The second-order valence-corrected chi connectivity index (χ2v) is 9.41. The largest absolute Gasteiger partial charge is 0.481 e. The van der Waals surface area contributed by atoms with E-state index < -0.39 is 17.5 Å². The Balaban J connectivity index is 1.03. The van der Waals surface area contributed by atoms with Crippen LogP contribution in [0.2, 0.25) is 0 Å². The van der Waals surface area contributed by atoms with Crippen LogP contribution in [0.5, 0.6) is 0 Å². The van der Waals surface area contributed by atoms with Gasteiger partial charge in [-0.05, 0) is 34.6 Å². The van der Waals surface area contributed by atoms with Crippen molar-refractivity contribution >= 4 is 18.0 Å². The summed E-state index contributed by atoms with van der Waals surface area (Å²) in [5.74, 6) is -0.951. The highest BCUT2D eigenvalue weighted by atomic mass is 16.5. The normalized spacial score (nSPS) is 21.7. The predicted octanol–water partition coefficient (Wildman–Crippen LogP) is 3.26. The standard InChI is InChI=1S/C26H23N3O6/c30-23(29-12-15-10-26(15,14-29)24(31)32)22-9-16(35-28-22)11-27-25(33)34-13-21-19-7-3-1-5-17(19)18-6-2-4-8-20(18)21/h1-9,15,21H,10-14H2,(H,27,33)(H,31,32). The molecule has 2 aromatic carbocycles. The molecule has 2 aliphatic carbocycles. The second kappa shape index (κ2) is 7.97. The first kappa shape index (κ1) is 21.4. The van der Waals surface area contributed by atoms with E-state index in [2.05, 4.69) is 34.7 Å². The van der Waals surface area contributed by atoms with Crippen molar-refractivity contribution in [2.24, 2.45) is 11.3 Å². The molecule has 9 nitrogen and oxygen atoms in total. The van der Waals surface area contributed by atoms with Crippen molar-refractivity contribution in [3.05, 3.63) is 77.2 Å². The SMILES string of the molecule is O=C(NCc1cc(C(=O)N2CC3CC3(C(=O)O)C2)no1)OCC1c2ccccc2-c2ccccc21. The number of nitrogens with zero attached hydrogens (tertiary/aromatic N) is 2. The minimum Gasteiger partial charge on any atom is -0.481 e. The average molecular weight is 473 g/mol. The lowest BCUT2D eigenvalue weighted by molar-refractivity contribution is -0.143. The molecule has 1 aliphatic heterocycles. The molecule has 0 bridgehead atoms. The van der Waals surface area contributed by atoms with E-state index in [-0.39, 0.29) is 43.1 Å². The smallest absolute Gasteiger partial charge is 0.407 e. The summed E-state index contributed by atoms with van der Waals surface area (Å²) < 4.78 is 10.7. The highest BCUT2D eigenvalue weighted by Gasteiger charge is 2.66. The zero-order valence-electron chi connectivity index (χ0n) is 18.8. The fourth-order valence-electron chi connectivity index (χ4n) is 5.44. The number of piperidine rings is 1. The van der Waals surface area contributed by atoms with Gasteiger partial charge in [0.05, 0.1) is 12.0 Å². The molecule has 0 radical (unpaired) electrons. The summed E-state index contributed by atoms with van der Waals surface area (Å²) in [4.78, 5) is 38.0. The van der Waals surface area contributed by atoms with Crippen molar-refractivity contribution in [3.8, 4) is 11.1 Å². The molecule has 1 saturated heterocycles. The Labute approximate surface area is 200 Å². The van der Waals surface area contributed by atoms with Crippen molar-refractivity contribution in [2.45, 2.75) is 18.9 Å². The van der Waals surface area contributed by atoms with Gasteiger partial charge in [-0.15, -0.1) is 0 Å². The summed E-state index contributed by atoms with van der Waals surface area (Å²) >= 11 is 0. The number of carboxylic acids is 1. The number of hydrogen-bond acceptors (Lipinski definition) is 6. The Bertz CT molecular complexity index is 1300. The van der Waals surface area contributed by atoms with Crippen LogP contribution in [0, 0.1) is 11.3 Å². The molecular formula is C26H23N3O6. The highest BCUT2D eigenvalue weighted by molar-refractivity contribution is 5.94. The number of aliphatic carboxylic acids is 1. The molecule has 178 valence electrons. The Kier molecular flexibility index (Phi) is 4.87. The van der Waals surface area contributed by atoms with E-state index >= 15 is 0 Å². The zero-order chi connectivity index (χ0) is 24.2. The van der Waals surface area contributed by atoms with E-state index in [1.165, 1.54) is 11.0 Å². The molecule has 9 heteroatoms. The molecule has 1 saturated carbocycles. The molecule has 2 atom stereocenters. The Morgan fingerprint density at radius 3 is 2.46 bits per heavy atom. The van der Waals surface area contributed by atoms with Crippen LogP contribution in [0.15, 0.2) is 59.1 Å². The fourth-order valence-corrected chi connectivity index (χ4v) is 5.44. The van der Waals surface area contributed by atoms with Crippen LogP contribution in [-0.2, 0) is 16.1 Å². The van der Waals surface area contributed by atoms with E-state index in [1.807, 2.05) is 24.3 Å². The van der Waals surface area contributed by atoms with Gasteiger partial charge in [-0.2, -0.15) is 0 Å². The van der Waals surface area contributed by atoms with Crippen LogP contribution in [0.4, 0.5) is 4.79 Å². The molecule has 2 unspecified atom stereocenters. The number of carbonyl (C=O) groups is 3. The van der Waals surface area contributed by atoms with Crippen molar-refractivity contribution in [1.29, 1.82) is 0 Å². The quantitative estimate of drug-likeness (QED) is 0.563. The first-order valence-electron chi connectivity index (χ1n) is 11.5. The van der Waals surface area contributed by atoms with E-state index in [0.717, 1.165) is 22.3 Å². The lowest BCUT2D eigenvalue weighted by atomic mass is 9.98. The number of nitrogens with one attached hydrogen (secondary N) is 1. The fraction of sp³-hybridized carbons (Fsp3) is 0.308. The number of hydrogen-bond donors (Lipinski definition) is 2. The van der Waals surface area contributed by atoms with E-state index in [0.29, 0.717) is 18.7 Å². The lowest BCUT2D eigenvalue weighted by Crippen LogP contribution is -2.34. The maximum atomic E-state index is 12.7. The van der Waals surface area contributed by atoms with E-state index in [9.17, 15) is 19.5 Å². The molecule has 3 aliphatic rings. The molecule has 2 fully saturated rings. The molecule has 2 N–H and O–H groups in total. The summed E-state index contributed by atoms with van der Waals surface area (Å²) in [5, 5.41) is 15.8. The Morgan fingerprint density at radius 1 is 1.11 bits per heavy atom. The number of carbonyl (C=O) groups excluding carboxylic acids is 2. The topological polar surface area (TPSA) is 122 Å². The number of ether oxygens (including phenoxy) is 1. The first-order valence-corrected chi connectivity index (χ1v) is 11.5. The van der Waals surface area contributed by atoms with E-state index in [1.54, 1.807) is 0 Å². The van der Waals surface area contributed by atoms with Gasteiger partial charge in [0, 0.05) is 25.1 Å². The maximum Gasteiger partial charge on any atom is 0.407 e. The number of rotatable bonds is 6. The number of likely N-dealkylation sites (tertiary alicyclic amines) is 1. The monoisotopic (exact) mass is 473 g/mol. The second-order valence-electron chi connectivity index (χ2n) is 9.41. The Morgan fingerprint density at radius 2 is 1.80 bits per heavy atom. The molecule has 6 rings (SSSR count). The predicted molar refractivity (Wildman–Crippen MR) is 122 cm³/mol. The number of amides is 2. The van der Waals surface area contributed by atoms with Crippen LogP contribution in [-0.4, -0.2) is 52.8 Å². The Hall–Kier alpha value is -4.14. The lowest BCUT2D eigenvalue weighted by Gasteiger charge is -2.17. The third-order valence-electron chi connectivity index (χ3n) is 7.39. The molecule has 2 amide bonds. The van der Waals surface area contributed by atoms with Crippen molar-refractivity contribution in [3.63, 3.8) is 0 Å². The van der Waals surface area contributed by atoms with Gasteiger partial charge < -0.3 is 24.6 Å². The number of aromatic nitrogens is 1. The number of benzene rings is 2. The molecule has 0 spiro atoms. The molecule has 2 heterocycles. The van der Waals surface area contributed by atoms with Gasteiger partial charge >= 0.3 is 12.1 Å². The van der Waals surface area contributed by atoms with Crippen molar-refractivity contribution in [1.82, 2.24) is 15.4 Å². The van der Waals surface area contributed by atoms with E-state index in [4.69, 9.17) is 9.26 Å². The van der Waals surface area contributed by atoms with Crippen molar-refractivity contribution in [2.75, 3.05) is 19.7 Å². The number of carboxylic acid groups (broad SMARTS) is 1. The molecule has 1 aromatic heterocycles. The summed E-state index contributed by atoms with van der Waals surface area (Å²) in [6.07, 6.45) is 0.0134. The third kappa shape index (κ3) is 3.54. The third-order valence-corrected chi connectivity index (χ3v) is 7.39. The van der Waals surface area contributed by atoms with Gasteiger partial charge in [-0.3, -0.25) is 9.59 Å².